The van der Waals surface area contributed by atoms with Crippen LogP contribution in [0.5, 0.6) is 0 Å². The normalized spacial score (nSPS) is 14.4. The first-order chi connectivity index (χ1) is 8.66. The minimum atomic E-state index is -0.391. The summed E-state index contributed by atoms with van der Waals surface area (Å²) in [4.78, 5) is 13.8. The second kappa shape index (κ2) is 3.94. The van der Waals surface area contributed by atoms with Gasteiger partial charge in [0.2, 0.25) is 5.52 Å². The number of nitrogens with one attached hydrogen (secondary N) is 1. The Morgan fingerprint density at radius 3 is 2.83 bits per heavy atom. The number of aromatic amines is 1. The van der Waals surface area contributed by atoms with Gasteiger partial charge in [-0.15, -0.1) is 0 Å². The number of nitrogens with two attached hydrogens (primary N) is 1. The van der Waals surface area contributed by atoms with Gasteiger partial charge in [0.15, 0.2) is 5.69 Å². The molecule has 0 fully saturated rings. The Morgan fingerprint density at radius 2 is 2.06 bits per heavy atom. The molecule has 0 aliphatic heterocycles. The van der Waals surface area contributed by atoms with Crippen molar-refractivity contribution in [2.75, 3.05) is 5.73 Å². The van der Waals surface area contributed by atoms with Crippen LogP contribution in [0.3, 0.4) is 0 Å². The number of aryl methyl sites for hydroxylation is 1. The number of fused-ring (bicyclic) bond motifs is 2. The number of pyridine rings is 1. The SMILES string of the molecule is Nc1c2c([nH+]c3ccc([N+](=O)[O-])cc13)CCCC2. The first-order valence-electron chi connectivity index (χ1n) is 6.07. The van der Waals surface area contributed by atoms with Crippen LogP contribution in [0.25, 0.3) is 10.9 Å². The fourth-order valence-corrected chi connectivity index (χ4v) is 2.64. The summed E-state index contributed by atoms with van der Waals surface area (Å²) in [5, 5.41) is 11.6. The Bertz CT molecular complexity index is 652. The number of hydrogen-bond acceptors (Lipinski definition) is 3. The fraction of sp³-hybridized carbons (Fsp3) is 0.308. The molecule has 3 N–H and O–H groups in total. The smallest absolute Gasteiger partial charge is 0.270 e. The maximum atomic E-state index is 10.8. The van der Waals surface area contributed by atoms with Crippen molar-refractivity contribution in [2.45, 2.75) is 25.7 Å². The second-order valence-electron chi connectivity index (χ2n) is 4.69. The van der Waals surface area contributed by atoms with E-state index in [0.29, 0.717) is 5.69 Å². The van der Waals surface area contributed by atoms with Crippen molar-refractivity contribution >= 4 is 22.3 Å². The van der Waals surface area contributed by atoms with Crippen molar-refractivity contribution in [3.63, 3.8) is 0 Å². The Morgan fingerprint density at radius 1 is 1.28 bits per heavy atom. The number of hydrogen-bond donors (Lipinski definition) is 1. The molecule has 1 aliphatic carbocycles. The Hall–Kier alpha value is -2.17. The molecule has 1 aliphatic rings. The summed E-state index contributed by atoms with van der Waals surface area (Å²) in [7, 11) is 0. The molecule has 0 unspecified atom stereocenters. The zero-order chi connectivity index (χ0) is 12.7. The molecule has 5 nitrogen and oxygen atoms in total. The van der Waals surface area contributed by atoms with E-state index < -0.39 is 4.92 Å². The molecule has 1 heterocycles. The molecule has 5 heteroatoms. The zero-order valence-electron chi connectivity index (χ0n) is 9.90. The molecule has 0 saturated carbocycles. The van der Waals surface area contributed by atoms with Gasteiger partial charge < -0.3 is 5.73 Å². The summed E-state index contributed by atoms with van der Waals surface area (Å²) < 4.78 is 0. The highest BCUT2D eigenvalue weighted by molar-refractivity contribution is 5.91. The number of rotatable bonds is 1. The monoisotopic (exact) mass is 244 g/mol. The van der Waals surface area contributed by atoms with Crippen LogP contribution < -0.4 is 10.7 Å². The zero-order valence-corrected chi connectivity index (χ0v) is 9.90. The molecule has 0 amide bonds. The van der Waals surface area contributed by atoms with Gasteiger partial charge in [0, 0.05) is 30.2 Å². The van der Waals surface area contributed by atoms with E-state index in [2.05, 4.69) is 4.98 Å². The van der Waals surface area contributed by atoms with Crippen molar-refractivity contribution in [2.24, 2.45) is 0 Å². The van der Waals surface area contributed by atoms with Gasteiger partial charge >= 0.3 is 0 Å². The van der Waals surface area contributed by atoms with Crippen LogP contribution in [0.2, 0.25) is 0 Å². The predicted octanol–water partition coefficient (Wildman–Crippen LogP) is 2.02. The summed E-state index contributed by atoms with van der Waals surface area (Å²) in [6.45, 7) is 0. The highest BCUT2D eigenvalue weighted by Crippen LogP contribution is 2.30. The van der Waals surface area contributed by atoms with E-state index in [-0.39, 0.29) is 5.69 Å². The fourth-order valence-electron chi connectivity index (χ4n) is 2.64. The van der Waals surface area contributed by atoms with Gasteiger partial charge in [-0.2, -0.15) is 0 Å². The first kappa shape index (κ1) is 11.0. The van der Waals surface area contributed by atoms with Crippen molar-refractivity contribution < 1.29 is 9.91 Å². The molecule has 0 spiro atoms. The van der Waals surface area contributed by atoms with Crippen LogP contribution in [-0.4, -0.2) is 4.92 Å². The quantitative estimate of drug-likeness (QED) is 0.615. The van der Waals surface area contributed by atoms with Crippen LogP contribution in [0.1, 0.15) is 24.1 Å². The Kier molecular flexibility index (Phi) is 2.40. The summed E-state index contributed by atoms with van der Waals surface area (Å²) in [5.74, 6) is 0. The lowest BCUT2D eigenvalue weighted by Gasteiger charge is -2.13. The molecule has 0 atom stereocenters. The first-order valence-corrected chi connectivity index (χ1v) is 6.07. The molecular weight excluding hydrogens is 230 g/mol. The number of non-ortho nitro benzene ring substituents is 1. The van der Waals surface area contributed by atoms with E-state index in [4.69, 9.17) is 5.73 Å². The topological polar surface area (TPSA) is 83.3 Å². The molecule has 0 saturated heterocycles. The van der Waals surface area contributed by atoms with E-state index in [1.54, 1.807) is 12.1 Å². The number of anilines is 1. The van der Waals surface area contributed by atoms with Gasteiger partial charge in [0.05, 0.1) is 16.0 Å². The minimum Gasteiger partial charge on any atom is -0.398 e. The lowest BCUT2D eigenvalue weighted by Crippen LogP contribution is -2.21. The third kappa shape index (κ3) is 1.59. The van der Waals surface area contributed by atoms with Crippen molar-refractivity contribution in [1.82, 2.24) is 0 Å². The van der Waals surface area contributed by atoms with Crippen molar-refractivity contribution in [3.05, 3.63) is 39.6 Å². The minimum absolute atomic E-state index is 0.0818. The highest BCUT2D eigenvalue weighted by Gasteiger charge is 2.22. The molecule has 0 radical (unpaired) electrons. The van der Waals surface area contributed by atoms with Crippen LogP contribution in [0.15, 0.2) is 18.2 Å². The van der Waals surface area contributed by atoms with Gasteiger partial charge in [-0.3, -0.25) is 10.1 Å². The molecular formula is C13H14N3O2+. The number of aromatic nitrogens is 1. The number of nitro benzene ring substituents is 1. The summed E-state index contributed by atoms with van der Waals surface area (Å²) in [6.07, 6.45) is 4.26. The molecule has 0 bridgehead atoms. The van der Waals surface area contributed by atoms with E-state index in [9.17, 15) is 10.1 Å². The molecule has 1 aromatic carbocycles. The lowest BCUT2D eigenvalue weighted by molar-refractivity contribution is -0.385. The van der Waals surface area contributed by atoms with E-state index in [0.717, 1.165) is 35.7 Å². The van der Waals surface area contributed by atoms with Gasteiger partial charge in [-0.25, -0.2) is 4.98 Å². The molecule has 3 rings (SSSR count). The predicted molar refractivity (Wildman–Crippen MR) is 68.2 cm³/mol. The maximum Gasteiger partial charge on any atom is 0.270 e. The van der Waals surface area contributed by atoms with Gasteiger partial charge in [0.25, 0.3) is 5.69 Å². The highest BCUT2D eigenvalue weighted by atomic mass is 16.6. The third-order valence-corrected chi connectivity index (χ3v) is 3.58. The summed E-state index contributed by atoms with van der Waals surface area (Å²) in [6, 6.07) is 4.79. The molecule has 18 heavy (non-hydrogen) atoms. The van der Waals surface area contributed by atoms with Crippen LogP contribution in [-0.2, 0) is 12.8 Å². The summed E-state index contributed by atoms with van der Waals surface area (Å²) >= 11 is 0. The number of benzene rings is 1. The Balaban J connectivity index is 2.29. The second-order valence-corrected chi connectivity index (χ2v) is 4.69. The standard InChI is InChI=1S/C13H13N3O2/c14-13-9-3-1-2-4-11(9)15-12-6-5-8(16(17)18)7-10(12)13/h5-7H,1-4H2,(H2,14,15)/p+1. The summed E-state index contributed by atoms with van der Waals surface area (Å²) in [5.41, 5.74) is 10.1. The average Bonchev–Trinajstić information content (AvgIpc) is 2.38. The lowest BCUT2D eigenvalue weighted by atomic mass is 9.93. The third-order valence-electron chi connectivity index (χ3n) is 3.58. The van der Waals surface area contributed by atoms with Crippen LogP contribution in [0, 0.1) is 10.1 Å². The number of nitro groups is 1. The van der Waals surface area contributed by atoms with Crippen molar-refractivity contribution in [1.29, 1.82) is 0 Å². The van der Waals surface area contributed by atoms with Crippen LogP contribution in [0.4, 0.5) is 11.4 Å². The van der Waals surface area contributed by atoms with E-state index in [1.807, 2.05) is 0 Å². The van der Waals surface area contributed by atoms with Gasteiger partial charge in [0.1, 0.15) is 0 Å². The molecule has 92 valence electrons. The largest absolute Gasteiger partial charge is 0.398 e. The number of nitrogen functional groups attached to an aromatic ring is 1. The van der Waals surface area contributed by atoms with Gasteiger partial charge in [-0.05, 0) is 19.3 Å². The Labute approximate surface area is 104 Å². The van der Waals surface area contributed by atoms with Crippen molar-refractivity contribution in [3.8, 4) is 0 Å². The molecule has 2 aromatic rings. The average molecular weight is 244 g/mol. The number of H-pyrrole nitrogens is 1. The maximum absolute atomic E-state index is 10.8. The van der Waals surface area contributed by atoms with E-state index in [1.165, 1.54) is 18.2 Å². The molecule has 1 aromatic heterocycles. The van der Waals surface area contributed by atoms with E-state index >= 15 is 0 Å². The number of nitrogens with zero attached hydrogens (tertiary/aromatic N) is 1. The van der Waals surface area contributed by atoms with Crippen LogP contribution >= 0.6 is 0 Å². The van der Waals surface area contributed by atoms with Gasteiger partial charge in [-0.1, -0.05) is 0 Å².